The van der Waals surface area contributed by atoms with E-state index >= 15 is 0 Å². The SMILES string of the molecule is COc1cc(/C=C/C(=O)Nc2nc3c(s2)CN(Cc2ccccc2)CC3)ccc1OC(F)F. The molecule has 0 spiro atoms. The Morgan fingerprint density at radius 3 is 2.82 bits per heavy atom. The van der Waals surface area contributed by atoms with Gasteiger partial charge in [0.15, 0.2) is 16.6 Å². The summed E-state index contributed by atoms with van der Waals surface area (Å²) in [4.78, 5) is 20.5. The molecule has 1 aromatic heterocycles. The van der Waals surface area contributed by atoms with Crippen molar-refractivity contribution in [3.63, 3.8) is 0 Å². The molecule has 0 atom stereocenters. The first-order valence-corrected chi connectivity index (χ1v) is 11.2. The topological polar surface area (TPSA) is 63.7 Å². The van der Waals surface area contributed by atoms with Crippen molar-refractivity contribution in [1.29, 1.82) is 0 Å². The summed E-state index contributed by atoms with van der Waals surface area (Å²) in [5.74, 6) is -0.233. The molecule has 9 heteroatoms. The molecule has 4 rings (SSSR count). The molecule has 3 aromatic rings. The first-order valence-electron chi connectivity index (χ1n) is 10.4. The second kappa shape index (κ2) is 10.5. The largest absolute Gasteiger partial charge is 0.493 e. The van der Waals surface area contributed by atoms with Crippen LogP contribution in [0.25, 0.3) is 6.08 Å². The molecule has 1 aliphatic rings. The monoisotopic (exact) mass is 471 g/mol. The summed E-state index contributed by atoms with van der Waals surface area (Å²) in [6.07, 6.45) is 3.78. The van der Waals surface area contributed by atoms with Crippen molar-refractivity contribution < 1.29 is 23.0 Å². The zero-order valence-electron chi connectivity index (χ0n) is 18.0. The van der Waals surface area contributed by atoms with Crippen molar-refractivity contribution in [3.05, 3.63) is 76.3 Å². The number of hydrogen-bond donors (Lipinski definition) is 1. The molecular weight excluding hydrogens is 448 g/mol. The minimum absolute atomic E-state index is 0.0659. The van der Waals surface area contributed by atoms with E-state index in [1.165, 1.54) is 42.2 Å². The van der Waals surface area contributed by atoms with Crippen molar-refractivity contribution in [1.82, 2.24) is 9.88 Å². The second-order valence-corrected chi connectivity index (χ2v) is 8.53. The van der Waals surface area contributed by atoms with Gasteiger partial charge < -0.3 is 9.47 Å². The van der Waals surface area contributed by atoms with Crippen LogP contribution in [0.5, 0.6) is 11.5 Å². The molecule has 0 radical (unpaired) electrons. The van der Waals surface area contributed by atoms with Gasteiger partial charge in [0, 0.05) is 37.0 Å². The molecule has 2 aromatic carbocycles. The Bertz CT molecular complexity index is 1140. The molecule has 0 aliphatic carbocycles. The van der Waals surface area contributed by atoms with Gasteiger partial charge in [-0.1, -0.05) is 36.4 Å². The van der Waals surface area contributed by atoms with Gasteiger partial charge >= 0.3 is 6.61 Å². The molecule has 1 N–H and O–H groups in total. The van der Waals surface area contributed by atoms with Crippen LogP contribution >= 0.6 is 11.3 Å². The van der Waals surface area contributed by atoms with Crippen molar-refractivity contribution in [3.8, 4) is 11.5 Å². The summed E-state index contributed by atoms with van der Waals surface area (Å²) in [5.41, 5.74) is 2.91. The van der Waals surface area contributed by atoms with Crippen LogP contribution in [-0.2, 0) is 24.3 Å². The number of alkyl halides is 2. The number of nitrogens with one attached hydrogen (secondary N) is 1. The molecular formula is C24H23F2N3O3S. The Morgan fingerprint density at radius 1 is 1.24 bits per heavy atom. The standard InChI is InChI=1S/C24H23F2N3O3S/c1-31-20-13-16(7-9-19(20)32-23(25)26)8-10-22(30)28-24-27-18-11-12-29(15-21(18)33-24)14-17-5-3-2-4-6-17/h2-10,13,23H,11-12,14-15H2,1H3,(H,27,28,30)/b10-8+. The predicted octanol–water partition coefficient (Wildman–Crippen LogP) is 4.96. The lowest BCUT2D eigenvalue weighted by atomic mass is 10.1. The minimum atomic E-state index is -2.94. The van der Waals surface area contributed by atoms with E-state index in [9.17, 15) is 13.6 Å². The molecule has 1 amide bonds. The fraction of sp³-hybridized carbons (Fsp3) is 0.250. The van der Waals surface area contributed by atoms with Crippen LogP contribution in [0.4, 0.5) is 13.9 Å². The van der Waals surface area contributed by atoms with Crippen molar-refractivity contribution >= 4 is 28.5 Å². The molecule has 0 unspecified atom stereocenters. The average Bonchev–Trinajstić information content (AvgIpc) is 3.20. The van der Waals surface area contributed by atoms with Crippen LogP contribution < -0.4 is 14.8 Å². The number of benzene rings is 2. The third-order valence-corrected chi connectivity index (χ3v) is 6.12. The molecule has 0 fully saturated rings. The summed E-state index contributed by atoms with van der Waals surface area (Å²) in [6, 6.07) is 14.8. The van der Waals surface area contributed by atoms with Crippen LogP contribution in [0, 0.1) is 0 Å². The summed E-state index contributed by atoms with van der Waals surface area (Å²) < 4.78 is 34.4. The van der Waals surface area contributed by atoms with E-state index in [1.54, 1.807) is 12.1 Å². The van der Waals surface area contributed by atoms with E-state index in [2.05, 4.69) is 32.1 Å². The fourth-order valence-electron chi connectivity index (χ4n) is 3.58. The third-order valence-electron chi connectivity index (χ3n) is 5.12. The maximum Gasteiger partial charge on any atom is 0.387 e. The highest BCUT2D eigenvalue weighted by Crippen LogP contribution is 2.31. The van der Waals surface area contributed by atoms with Gasteiger partial charge in [0.1, 0.15) is 0 Å². The van der Waals surface area contributed by atoms with Crippen LogP contribution in [0.1, 0.15) is 21.7 Å². The number of rotatable bonds is 8. The summed E-state index contributed by atoms with van der Waals surface area (Å²) in [5, 5.41) is 3.37. The van der Waals surface area contributed by atoms with Crippen LogP contribution in [-0.4, -0.2) is 36.1 Å². The van der Waals surface area contributed by atoms with Crippen molar-refractivity contribution in [2.75, 3.05) is 19.0 Å². The zero-order chi connectivity index (χ0) is 23.2. The fourth-order valence-corrected chi connectivity index (χ4v) is 4.63. The van der Waals surface area contributed by atoms with Gasteiger partial charge in [-0.05, 0) is 29.3 Å². The number of carbonyl (C=O) groups excluding carboxylic acids is 1. The molecule has 2 heterocycles. The number of halogens is 2. The highest BCUT2D eigenvalue weighted by Gasteiger charge is 2.21. The van der Waals surface area contributed by atoms with Crippen molar-refractivity contribution in [2.45, 2.75) is 26.1 Å². The molecule has 6 nitrogen and oxygen atoms in total. The highest BCUT2D eigenvalue weighted by molar-refractivity contribution is 7.15. The van der Waals surface area contributed by atoms with Gasteiger partial charge in [-0.25, -0.2) is 4.98 Å². The lowest BCUT2D eigenvalue weighted by Gasteiger charge is -2.25. The lowest BCUT2D eigenvalue weighted by molar-refractivity contribution is -0.111. The van der Waals surface area contributed by atoms with E-state index < -0.39 is 6.61 Å². The normalized spacial score (nSPS) is 13.8. The quantitative estimate of drug-likeness (QED) is 0.471. The van der Waals surface area contributed by atoms with Gasteiger partial charge in [-0.15, -0.1) is 11.3 Å². The van der Waals surface area contributed by atoms with Crippen molar-refractivity contribution in [2.24, 2.45) is 0 Å². The smallest absolute Gasteiger partial charge is 0.387 e. The number of hydrogen-bond acceptors (Lipinski definition) is 6. The maximum absolute atomic E-state index is 12.5. The van der Waals surface area contributed by atoms with E-state index in [0.29, 0.717) is 10.7 Å². The minimum Gasteiger partial charge on any atom is -0.493 e. The number of aromatic nitrogens is 1. The van der Waals surface area contributed by atoms with E-state index in [0.717, 1.165) is 36.6 Å². The van der Waals surface area contributed by atoms with Crippen LogP contribution in [0.15, 0.2) is 54.6 Å². The first kappa shape index (κ1) is 22.9. The Balaban J connectivity index is 1.35. The maximum atomic E-state index is 12.5. The molecule has 0 bridgehead atoms. The zero-order valence-corrected chi connectivity index (χ0v) is 18.8. The third kappa shape index (κ3) is 6.15. The summed E-state index contributed by atoms with van der Waals surface area (Å²) in [7, 11) is 1.36. The molecule has 0 saturated carbocycles. The second-order valence-electron chi connectivity index (χ2n) is 7.45. The Hall–Kier alpha value is -3.30. The number of fused-ring (bicyclic) bond motifs is 1. The number of amides is 1. The van der Waals surface area contributed by atoms with Crippen LogP contribution in [0.2, 0.25) is 0 Å². The van der Waals surface area contributed by atoms with Crippen LogP contribution in [0.3, 0.4) is 0 Å². The summed E-state index contributed by atoms with van der Waals surface area (Å²) in [6.45, 7) is -0.333. The molecule has 0 saturated heterocycles. The number of anilines is 1. The number of nitrogens with zero attached hydrogens (tertiary/aromatic N) is 2. The van der Waals surface area contributed by atoms with Gasteiger partial charge in [0.25, 0.3) is 0 Å². The average molecular weight is 472 g/mol. The van der Waals surface area contributed by atoms with E-state index in [-0.39, 0.29) is 17.4 Å². The molecule has 1 aliphatic heterocycles. The van der Waals surface area contributed by atoms with Gasteiger partial charge in [0.05, 0.1) is 12.8 Å². The first-order chi connectivity index (χ1) is 16.0. The van der Waals surface area contributed by atoms with Gasteiger partial charge in [0.2, 0.25) is 5.91 Å². The molecule has 172 valence electrons. The van der Waals surface area contributed by atoms with E-state index in [4.69, 9.17) is 4.74 Å². The molecule has 33 heavy (non-hydrogen) atoms. The predicted molar refractivity (Wildman–Crippen MR) is 124 cm³/mol. The summed E-state index contributed by atoms with van der Waals surface area (Å²) >= 11 is 1.49. The lowest BCUT2D eigenvalue weighted by Crippen LogP contribution is -2.29. The number of methoxy groups -OCH3 is 1. The highest BCUT2D eigenvalue weighted by atomic mass is 32.1. The Labute approximate surface area is 194 Å². The Kier molecular flexibility index (Phi) is 7.31. The number of thiazole rings is 1. The number of carbonyl (C=O) groups is 1. The van der Waals surface area contributed by atoms with Gasteiger partial charge in [-0.3, -0.25) is 15.0 Å². The van der Waals surface area contributed by atoms with E-state index in [1.807, 2.05) is 18.2 Å². The number of ether oxygens (including phenoxy) is 2. The Morgan fingerprint density at radius 2 is 2.06 bits per heavy atom. The van der Waals surface area contributed by atoms with Gasteiger partial charge in [-0.2, -0.15) is 8.78 Å².